The fourth-order valence-electron chi connectivity index (χ4n) is 1.70. The van der Waals surface area contributed by atoms with E-state index in [4.69, 9.17) is 0 Å². The highest BCUT2D eigenvalue weighted by Crippen LogP contribution is 2.04. The van der Waals surface area contributed by atoms with Crippen LogP contribution in [0.25, 0.3) is 0 Å². The summed E-state index contributed by atoms with van der Waals surface area (Å²) < 4.78 is 64.7. The van der Waals surface area contributed by atoms with E-state index in [2.05, 4.69) is 15.0 Å². The van der Waals surface area contributed by atoms with Gasteiger partial charge in [-0.15, -0.1) is 0 Å². The summed E-state index contributed by atoms with van der Waals surface area (Å²) in [5.74, 6) is 0. The number of sulfone groups is 3. The largest absolute Gasteiger partial charge is 0.263 e. The predicted octanol–water partition coefficient (Wildman–Crippen LogP) is 1.46. The van der Waals surface area contributed by atoms with Crippen LogP contribution in [0, 0.1) is 0 Å². The van der Waals surface area contributed by atoms with E-state index in [0.29, 0.717) is 0 Å². The van der Waals surface area contributed by atoms with Crippen molar-refractivity contribution in [2.24, 2.45) is 0 Å². The van der Waals surface area contributed by atoms with Gasteiger partial charge in [-0.3, -0.25) is 9.97 Å². The Labute approximate surface area is 176 Å². The Hall–Kier alpha value is -2.70. The van der Waals surface area contributed by atoms with E-state index in [9.17, 15) is 25.3 Å². The first-order valence-electron chi connectivity index (χ1n) is 8.13. The zero-order valence-corrected chi connectivity index (χ0v) is 18.9. The van der Waals surface area contributed by atoms with Gasteiger partial charge >= 0.3 is 0 Å². The van der Waals surface area contributed by atoms with Crippen LogP contribution >= 0.6 is 0 Å². The van der Waals surface area contributed by atoms with E-state index in [1.165, 1.54) is 49.2 Å². The maximum Gasteiger partial charge on any atom is 0.192 e. The van der Waals surface area contributed by atoms with Gasteiger partial charge < -0.3 is 0 Å². The molecule has 3 heterocycles. The Morgan fingerprint density at radius 2 is 1.03 bits per heavy atom. The molecule has 12 heteroatoms. The van der Waals surface area contributed by atoms with Crippen molar-refractivity contribution in [3.05, 3.63) is 73.4 Å². The Kier molecular flexibility index (Phi) is 9.21. The van der Waals surface area contributed by atoms with Crippen molar-refractivity contribution >= 4 is 29.5 Å². The van der Waals surface area contributed by atoms with Crippen LogP contribution in [0.1, 0.15) is 0 Å². The van der Waals surface area contributed by atoms with Crippen molar-refractivity contribution in [2.45, 2.75) is 14.8 Å². The molecule has 162 valence electrons. The lowest BCUT2D eigenvalue weighted by Crippen LogP contribution is -1.98. The summed E-state index contributed by atoms with van der Waals surface area (Å²) in [4.78, 5) is 11.5. The monoisotopic (exact) mass is 471 g/mol. The zero-order chi connectivity index (χ0) is 22.8. The number of hydrogen-bond acceptors (Lipinski definition) is 9. The average molecular weight is 472 g/mol. The van der Waals surface area contributed by atoms with E-state index in [1.54, 1.807) is 24.3 Å². The van der Waals surface area contributed by atoms with Crippen molar-refractivity contribution < 1.29 is 25.3 Å². The van der Waals surface area contributed by atoms with Crippen LogP contribution in [-0.2, 0) is 29.5 Å². The van der Waals surface area contributed by atoms with Crippen LogP contribution in [0.5, 0.6) is 0 Å². The molecule has 0 saturated carbocycles. The molecule has 0 aromatic carbocycles. The first-order valence-corrected chi connectivity index (χ1v) is 13.8. The van der Waals surface area contributed by atoms with Gasteiger partial charge in [-0.05, 0) is 36.4 Å². The predicted molar refractivity (Wildman–Crippen MR) is 112 cm³/mol. The highest BCUT2D eigenvalue weighted by molar-refractivity contribution is 7.91. The third-order valence-corrected chi connectivity index (χ3v) is 6.34. The highest BCUT2D eigenvalue weighted by atomic mass is 32.2. The number of hydrogen-bond donors (Lipinski definition) is 0. The van der Waals surface area contributed by atoms with E-state index in [1.807, 2.05) is 0 Å². The normalized spacial score (nSPS) is 11.3. The molecule has 0 amide bonds. The van der Waals surface area contributed by atoms with Gasteiger partial charge in [0, 0.05) is 49.8 Å². The highest BCUT2D eigenvalue weighted by Gasteiger charge is 2.05. The molecule has 0 fully saturated rings. The third kappa shape index (κ3) is 9.67. The molecule has 0 radical (unpaired) electrons. The van der Waals surface area contributed by atoms with Crippen LogP contribution in [0.2, 0.25) is 0 Å². The molecule has 0 N–H and O–H groups in total. The van der Waals surface area contributed by atoms with Gasteiger partial charge in [-0.2, -0.15) is 0 Å². The molecule has 30 heavy (non-hydrogen) atoms. The number of aromatic nitrogens is 3. The standard InChI is InChI=1S/3C6H7NO2S/c2*1-10(8,9)6-3-2-4-7-5-6;1-10(8,9)6-4-2-3-5-7-6/h3*2-5H,1H3. The molecule has 3 rings (SSSR count). The SMILES string of the molecule is CS(=O)(=O)c1ccccn1.CS(=O)(=O)c1cccnc1.CS(=O)(=O)c1cccnc1. The molecule has 0 bridgehead atoms. The second-order valence-electron chi connectivity index (χ2n) is 5.86. The summed E-state index contributed by atoms with van der Waals surface area (Å²) in [6.45, 7) is 0. The molecule has 3 aromatic rings. The summed E-state index contributed by atoms with van der Waals surface area (Å²) >= 11 is 0. The molecule has 9 nitrogen and oxygen atoms in total. The fourth-order valence-corrected chi connectivity index (χ4v) is 3.43. The number of rotatable bonds is 3. The minimum atomic E-state index is -3.11. The van der Waals surface area contributed by atoms with Crippen LogP contribution < -0.4 is 0 Å². The topological polar surface area (TPSA) is 141 Å². The summed E-state index contributed by atoms with van der Waals surface area (Å²) in [6, 6.07) is 11.0. The minimum absolute atomic E-state index is 0.120. The van der Waals surface area contributed by atoms with E-state index < -0.39 is 29.5 Å². The average Bonchev–Trinajstić information content (AvgIpc) is 2.69. The Morgan fingerprint density at radius 3 is 1.23 bits per heavy atom. The Balaban J connectivity index is 0.000000225. The van der Waals surface area contributed by atoms with Crippen molar-refractivity contribution in [3.8, 4) is 0 Å². The summed E-state index contributed by atoms with van der Waals surface area (Å²) in [6.07, 6.45) is 10.6. The van der Waals surface area contributed by atoms with Crippen LogP contribution in [-0.4, -0.2) is 59.0 Å². The van der Waals surface area contributed by atoms with Gasteiger partial charge in [0.15, 0.2) is 34.5 Å². The maximum atomic E-state index is 10.8. The second kappa shape index (κ2) is 10.9. The molecule has 0 aliphatic carbocycles. The summed E-state index contributed by atoms with van der Waals surface area (Å²) in [5, 5.41) is 0.120. The molecule has 0 spiro atoms. The lowest BCUT2D eigenvalue weighted by molar-refractivity contribution is 0.597. The summed E-state index contributed by atoms with van der Waals surface area (Å²) in [5.41, 5.74) is 0. The first-order chi connectivity index (χ1) is 13.8. The van der Waals surface area contributed by atoms with Crippen molar-refractivity contribution in [2.75, 3.05) is 18.8 Å². The molecule has 0 saturated heterocycles. The zero-order valence-electron chi connectivity index (χ0n) is 16.4. The van der Waals surface area contributed by atoms with E-state index in [0.717, 1.165) is 18.8 Å². The van der Waals surface area contributed by atoms with Crippen molar-refractivity contribution in [1.29, 1.82) is 0 Å². The van der Waals surface area contributed by atoms with Gasteiger partial charge in [0.05, 0.1) is 9.79 Å². The minimum Gasteiger partial charge on any atom is -0.263 e. The molecular weight excluding hydrogens is 450 g/mol. The van der Waals surface area contributed by atoms with Gasteiger partial charge in [-0.25, -0.2) is 30.2 Å². The third-order valence-electron chi connectivity index (χ3n) is 3.14. The van der Waals surface area contributed by atoms with Crippen LogP contribution in [0.4, 0.5) is 0 Å². The van der Waals surface area contributed by atoms with Crippen molar-refractivity contribution in [3.63, 3.8) is 0 Å². The molecular formula is C18H21N3O6S3. The van der Waals surface area contributed by atoms with Gasteiger partial charge in [0.25, 0.3) is 0 Å². The lowest BCUT2D eigenvalue weighted by atomic mass is 10.5. The van der Waals surface area contributed by atoms with Gasteiger partial charge in [0.1, 0.15) is 0 Å². The molecule has 0 unspecified atom stereocenters. The van der Waals surface area contributed by atoms with Gasteiger partial charge in [0.2, 0.25) is 0 Å². The van der Waals surface area contributed by atoms with E-state index >= 15 is 0 Å². The molecule has 0 aliphatic heterocycles. The Morgan fingerprint density at radius 1 is 0.567 bits per heavy atom. The molecule has 0 atom stereocenters. The molecule has 0 aliphatic rings. The number of nitrogens with zero attached hydrogens (tertiary/aromatic N) is 3. The van der Waals surface area contributed by atoms with Gasteiger partial charge in [-0.1, -0.05) is 6.07 Å². The Bertz CT molecular complexity index is 1070. The lowest BCUT2D eigenvalue weighted by Gasteiger charge is -1.92. The summed E-state index contributed by atoms with van der Waals surface area (Å²) in [7, 11) is -9.24. The maximum absolute atomic E-state index is 10.8. The van der Waals surface area contributed by atoms with Crippen LogP contribution in [0.3, 0.4) is 0 Å². The van der Waals surface area contributed by atoms with Crippen LogP contribution in [0.15, 0.2) is 88.3 Å². The quantitative estimate of drug-likeness (QED) is 0.555. The first kappa shape index (κ1) is 25.3. The second-order valence-corrected chi connectivity index (χ2v) is 11.9. The molecule has 3 aromatic heterocycles. The van der Waals surface area contributed by atoms with E-state index in [-0.39, 0.29) is 14.8 Å². The fraction of sp³-hybridized carbons (Fsp3) is 0.167. The van der Waals surface area contributed by atoms with Crippen molar-refractivity contribution in [1.82, 2.24) is 15.0 Å². The smallest absolute Gasteiger partial charge is 0.192 e. The number of pyridine rings is 3.